The Balaban J connectivity index is 1.93. The molecule has 0 heterocycles. The molecule has 1 aromatic carbocycles. The summed E-state index contributed by atoms with van der Waals surface area (Å²) in [6.45, 7) is 2.27. The molecule has 142 valence electrons. The van der Waals surface area contributed by atoms with E-state index < -0.39 is 5.97 Å². The summed E-state index contributed by atoms with van der Waals surface area (Å²) < 4.78 is 0. The van der Waals surface area contributed by atoms with E-state index in [1.165, 1.54) is 89.0 Å². The minimum absolute atomic E-state index is 0.131. The van der Waals surface area contributed by atoms with Gasteiger partial charge in [0.15, 0.2) is 0 Å². The molecule has 0 amide bonds. The smallest absolute Gasteiger partial charge is 0.307 e. The number of unbranched alkanes of at least 4 members (excludes halogenated alkanes) is 12. The quantitative estimate of drug-likeness (QED) is 0.329. The van der Waals surface area contributed by atoms with Crippen LogP contribution in [0.4, 0.5) is 0 Å². The number of aliphatic carboxylic acids is 1. The number of carboxylic acids is 1. The van der Waals surface area contributed by atoms with Crippen molar-refractivity contribution in [3.05, 3.63) is 35.4 Å². The largest absolute Gasteiger partial charge is 0.481 e. The van der Waals surface area contributed by atoms with Crippen LogP contribution in [0.3, 0.4) is 0 Å². The normalized spacial score (nSPS) is 10.9. The third-order valence-electron chi connectivity index (χ3n) is 4.92. The molecular formula is C23H38O2. The van der Waals surface area contributed by atoms with Crippen LogP contribution in [0, 0.1) is 0 Å². The van der Waals surface area contributed by atoms with Crippen molar-refractivity contribution >= 4 is 5.97 Å². The summed E-state index contributed by atoms with van der Waals surface area (Å²) >= 11 is 0. The van der Waals surface area contributed by atoms with Crippen LogP contribution in [0.2, 0.25) is 0 Å². The Morgan fingerprint density at radius 2 is 1.24 bits per heavy atom. The second-order valence-electron chi connectivity index (χ2n) is 7.38. The standard InChI is InChI=1S/C23H38O2/c1-2-3-4-5-6-7-8-9-10-11-12-13-14-16-21-17-15-18-22(19-21)20-23(24)25/h15,17-19H,2-14,16,20H2,1H3,(H,24,25). The van der Waals surface area contributed by atoms with Crippen LogP contribution in [-0.4, -0.2) is 11.1 Å². The van der Waals surface area contributed by atoms with Gasteiger partial charge in [-0.05, 0) is 24.0 Å². The van der Waals surface area contributed by atoms with Crippen molar-refractivity contribution in [1.29, 1.82) is 0 Å². The fourth-order valence-electron chi connectivity index (χ4n) is 3.42. The van der Waals surface area contributed by atoms with Crippen LogP contribution < -0.4 is 0 Å². The van der Waals surface area contributed by atoms with Gasteiger partial charge in [-0.25, -0.2) is 0 Å². The maximum atomic E-state index is 10.8. The van der Waals surface area contributed by atoms with Gasteiger partial charge in [0.05, 0.1) is 6.42 Å². The first-order valence-corrected chi connectivity index (χ1v) is 10.5. The number of carboxylic acid groups (broad SMARTS) is 1. The molecule has 0 saturated heterocycles. The summed E-state index contributed by atoms with van der Waals surface area (Å²) in [5.74, 6) is -0.752. The van der Waals surface area contributed by atoms with Gasteiger partial charge >= 0.3 is 5.97 Å². The second-order valence-corrected chi connectivity index (χ2v) is 7.38. The molecular weight excluding hydrogens is 308 g/mol. The zero-order valence-corrected chi connectivity index (χ0v) is 16.3. The van der Waals surface area contributed by atoms with Crippen molar-refractivity contribution in [2.45, 2.75) is 103 Å². The van der Waals surface area contributed by atoms with Crippen molar-refractivity contribution in [3.8, 4) is 0 Å². The van der Waals surface area contributed by atoms with E-state index in [9.17, 15) is 4.79 Å². The van der Waals surface area contributed by atoms with Gasteiger partial charge in [-0.15, -0.1) is 0 Å². The number of carbonyl (C=O) groups is 1. The Labute approximate surface area is 155 Å². The Morgan fingerprint density at radius 1 is 0.760 bits per heavy atom. The van der Waals surface area contributed by atoms with Crippen molar-refractivity contribution in [2.24, 2.45) is 0 Å². The fourth-order valence-corrected chi connectivity index (χ4v) is 3.42. The topological polar surface area (TPSA) is 37.3 Å². The Hall–Kier alpha value is -1.31. The van der Waals surface area contributed by atoms with E-state index in [0.29, 0.717) is 0 Å². The first-order valence-electron chi connectivity index (χ1n) is 10.5. The SMILES string of the molecule is CCCCCCCCCCCCCCCc1cccc(CC(=O)O)c1. The first-order chi connectivity index (χ1) is 12.2. The molecule has 0 aliphatic heterocycles. The highest BCUT2D eigenvalue weighted by molar-refractivity contribution is 5.70. The van der Waals surface area contributed by atoms with Crippen molar-refractivity contribution in [1.82, 2.24) is 0 Å². The van der Waals surface area contributed by atoms with Crippen LogP contribution in [0.1, 0.15) is 102 Å². The van der Waals surface area contributed by atoms with E-state index in [1.807, 2.05) is 12.1 Å². The highest BCUT2D eigenvalue weighted by Gasteiger charge is 2.01. The minimum atomic E-state index is -0.752. The van der Waals surface area contributed by atoms with Gasteiger partial charge < -0.3 is 5.11 Å². The maximum absolute atomic E-state index is 10.8. The molecule has 2 nitrogen and oxygen atoms in total. The summed E-state index contributed by atoms with van der Waals surface area (Å²) in [7, 11) is 0. The number of aryl methyl sites for hydroxylation is 1. The summed E-state index contributed by atoms with van der Waals surface area (Å²) in [6, 6.07) is 8.05. The van der Waals surface area contributed by atoms with Crippen molar-refractivity contribution in [3.63, 3.8) is 0 Å². The Kier molecular flexibility index (Phi) is 13.0. The second kappa shape index (κ2) is 15.0. The number of benzene rings is 1. The maximum Gasteiger partial charge on any atom is 0.307 e. The lowest BCUT2D eigenvalue weighted by Gasteiger charge is -2.05. The Morgan fingerprint density at radius 3 is 1.76 bits per heavy atom. The van der Waals surface area contributed by atoms with E-state index in [0.717, 1.165) is 12.0 Å². The molecule has 1 aromatic rings. The van der Waals surface area contributed by atoms with Gasteiger partial charge in [-0.2, -0.15) is 0 Å². The van der Waals surface area contributed by atoms with E-state index in [4.69, 9.17) is 5.11 Å². The number of hydrogen-bond donors (Lipinski definition) is 1. The van der Waals surface area contributed by atoms with Gasteiger partial charge in [0, 0.05) is 0 Å². The van der Waals surface area contributed by atoms with Crippen molar-refractivity contribution in [2.75, 3.05) is 0 Å². The molecule has 0 saturated carbocycles. The summed E-state index contributed by atoms with van der Waals surface area (Å²) in [5.41, 5.74) is 2.20. The lowest BCUT2D eigenvalue weighted by atomic mass is 10.0. The number of rotatable bonds is 16. The molecule has 25 heavy (non-hydrogen) atoms. The molecule has 0 spiro atoms. The van der Waals surface area contributed by atoms with Crippen LogP contribution >= 0.6 is 0 Å². The first kappa shape index (κ1) is 21.7. The molecule has 1 rings (SSSR count). The average molecular weight is 347 g/mol. The molecule has 0 aliphatic carbocycles. The molecule has 0 atom stereocenters. The lowest BCUT2D eigenvalue weighted by molar-refractivity contribution is -0.136. The van der Waals surface area contributed by atoms with E-state index in [1.54, 1.807) is 0 Å². The average Bonchev–Trinajstić information content (AvgIpc) is 2.59. The van der Waals surface area contributed by atoms with Gasteiger partial charge in [0.25, 0.3) is 0 Å². The van der Waals surface area contributed by atoms with E-state index >= 15 is 0 Å². The molecule has 0 aromatic heterocycles. The summed E-state index contributed by atoms with van der Waals surface area (Å²) in [6.07, 6.45) is 19.1. The lowest BCUT2D eigenvalue weighted by Crippen LogP contribution is -2.00. The summed E-state index contributed by atoms with van der Waals surface area (Å²) in [5, 5.41) is 8.86. The fraction of sp³-hybridized carbons (Fsp3) is 0.696. The van der Waals surface area contributed by atoms with E-state index in [2.05, 4.69) is 19.1 Å². The molecule has 0 aliphatic rings. The van der Waals surface area contributed by atoms with E-state index in [-0.39, 0.29) is 6.42 Å². The third kappa shape index (κ3) is 12.7. The van der Waals surface area contributed by atoms with Crippen LogP contribution in [0.25, 0.3) is 0 Å². The van der Waals surface area contributed by atoms with Crippen LogP contribution in [0.5, 0.6) is 0 Å². The number of hydrogen-bond acceptors (Lipinski definition) is 1. The van der Waals surface area contributed by atoms with Gasteiger partial charge in [0.1, 0.15) is 0 Å². The minimum Gasteiger partial charge on any atom is -0.481 e. The summed E-state index contributed by atoms with van der Waals surface area (Å²) in [4.78, 5) is 10.8. The monoisotopic (exact) mass is 346 g/mol. The highest BCUT2D eigenvalue weighted by atomic mass is 16.4. The van der Waals surface area contributed by atoms with Crippen LogP contribution in [0.15, 0.2) is 24.3 Å². The predicted molar refractivity (Wildman–Crippen MR) is 107 cm³/mol. The molecule has 0 unspecified atom stereocenters. The zero-order chi connectivity index (χ0) is 18.2. The zero-order valence-electron chi connectivity index (χ0n) is 16.3. The van der Waals surface area contributed by atoms with Gasteiger partial charge in [-0.3, -0.25) is 4.79 Å². The molecule has 0 fully saturated rings. The predicted octanol–water partition coefficient (Wildman–Crippen LogP) is 6.95. The van der Waals surface area contributed by atoms with Crippen LogP contribution in [-0.2, 0) is 17.6 Å². The highest BCUT2D eigenvalue weighted by Crippen LogP contribution is 2.14. The van der Waals surface area contributed by atoms with Gasteiger partial charge in [0.2, 0.25) is 0 Å². The molecule has 2 heteroatoms. The molecule has 0 bridgehead atoms. The molecule has 1 N–H and O–H groups in total. The molecule has 0 radical (unpaired) electrons. The third-order valence-corrected chi connectivity index (χ3v) is 4.92. The Bertz CT molecular complexity index is 453. The van der Waals surface area contributed by atoms with Crippen molar-refractivity contribution < 1.29 is 9.90 Å². The van der Waals surface area contributed by atoms with Gasteiger partial charge in [-0.1, -0.05) is 108 Å².